The zero-order valence-electron chi connectivity index (χ0n) is 11.2. The van der Waals surface area contributed by atoms with Gasteiger partial charge in [-0.15, -0.1) is 0 Å². The molecule has 0 aliphatic heterocycles. The van der Waals surface area contributed by atoms with Gasteiger partial charge in [0, 0.05) is 24.8 Å². The Bertz CT molecular complexity index is 346. The van der Waals surface area contributed by atoms with Gasteiger partial charge in [-0.25, -0.2) is 4.39 Å². The van der Waals surface area contributed by atoms with Gasteiger partial charge in [0.05, 0.1) is 6.61 Å². The van der Waals surface area contributed by atoms with Crippen molar-refractivity contribution in [2.45, 2.75) is 26.3 Å². The lowest BCUT2D eigenvalue weighted by molar-refractivity contribution is 0.244. The number of hydrogen-bond donors (Lipinski definition) is 2. The number of likely N-dealkylation sites (N-methyl/N-ethyl adjacent to an activating group) is 1. The van der Waals surface area contributed by atoms with Crippen molar-refractivity contribution in [2.75, 3.05) is 31.1 Å². The van der Waals surface area contributed by atoms with E-state index in [0.29, 0.717) is 6.54 Å². The first kappa shape index (κ1) is 14.9. The monoisotopic (exact) mass is 254 g/mol. The second-order valence-corrected chi connectivity index (χ2v) is 4.35. The van der Waals surface area contributed by atoms with Crippen LogP contribution in [0.5, 0.6) is 0 Å². The topological polar surface area (TPSA) is 35.5 Å². The summed E-state index contributed by atoms with van der Waals surface area (Å²) < 4.78 is 13.2. The van der Waals surface area contributed by atoms with Gasteiger partial charge in [-0.05, 0) is 38.1 Å². The molecule has 0 radical (unpaired) electrons. The van der Waals surface area contributed by atoms with Crippen molar-refractivity contribution >= 4 is 5.69 Å². The van der Waals surface area contributed by atoms with Gasteiger partial charge in [-0.1, -0.05) is 13.0 Å². The molecule has 1 rings (SSSR count). The molecule has 0 bridgehead atoms. The van der Waals surface area contributed by atoms with E-state index in [2.05, 4.69) is 17.1 Å². The number of anilines is 1. The van der Waals surface area contributed by atoms with E-state index in [0.717, 1.165) is 25.2 Å². The zero-order chi connectivity index (χ0) is 13.4. The van der Waals surface area contributed by atoms with E-state index >= 15 is 0 Å². The summed E-state index contributed by atoms with van der Waals surface area (Å²) in [6, 6.07) is 6.59. The van der Waals surface area contributed by atoms with Crippen LogP contribution >= 0.6 is 0 Å². The van der Waals surface area contributed by atoms with E-state index in [1.807, 2.05) is 13.0 Å². The number of benzene rings is 1. The molecule has 0 spiro atoms. The van der Waals surface area contributed by atoms with Crippen molar-refractivity contribution in [3.05, 3.63) is 30.1 Å². The van der Waals surface area contributed by atoms with Crippen LogP contribution in [0, 0.1) is 5.82 Å². The van der Waals surface area contributed by atoms with Crippen molar-refractivity contribution in [2.24, 2.45) is 0 Å². The molecule has 0 amide bonds. The van der Waals surface area contributed by atoms with Crippen LogP contribution in [0.3, 0.4) is 0 Å². The first-order valence-corrected chi connectivity index (χ1v) is 6.56. The Hall–Kier alpha value is -1.13. The highest BCUT2D eigenvalue weighted by Crippen LogP contribution is 2.15. The summed E-state index contributed by atoms with van der Waals surface area (Å²) in [6.45, 7) is 6.55. The molecule has 4 heteroatoms. The fraction of sp³-hybridized carbons (Fsp3) is 0.571. The molecule has 0 saturated heterocycles. The quantitative estimate of drug-likeness (QED) is 0.745. The van der Waals surface area contributed by atoms with Crippen molar-refractivity contribution in [3.8, 4) is 0 Å². The molecule has 1 unspecified atom stereocenters. The second-order valence-electron chi connectivity index (χ2n) is 4.35. The Balaban J connectivity index is 2.65. The number of aliphatic hydroxyl groups excluding tert-OH is 1. The summed E-state index contributed by atoms with van der Waals surface area (Å²) in [5, 5.41) is 12.6. The Labute approximate surface area is 109 Å². The van der Waals surface area contributed by atoms with E-state index < -0.39 is 0 Å². The SMILES string of the molecule is CCCNC(CO)CN(CC)c1cccc(F)c1. The van der Waals surface area contributed by atoms with Crippen molar-refractivity contribution in [1.29, 1.82) is 0 Å². The number of aliphatic hydroxyl groups is 1. The fourth-order valence-corrected chi connectivity index (χ4v) is 1.89. The molecule has 18 heavy (non-hydrogen) atoms. The third-order valence-corrected chi connectivity index (χ3v) is 2.90. The summed E-state index contributed by atoms with van der Waals surface area (Å²) in [5.41, 5.74) is 0.856. The average molecular weight is 254 g/mol. The van der Waals surface area contributed by atoms with Gasteiger partial charge in [0.25, 0.3) is 0 Å². The molecule has 0 fully saturated rings. The molecule has 0 saturated carbocycles. The second kappa shape index (κ2) is 8.06. The van der Waals surface area contributed by atoms with E-state index in [1.54, 1.807) is 6.07 Å². The molecule has 0 aromatic heterocycles. The molecule has 3 nitrogen and oxygen atoms in total. The first-order valence-electron chi connectivity index (χ1n) is 6.56. The van der Waals surface area contributed by atoms with Crippen LogP contribution in [0.1, 0.15) is 20.3 Å². The van der Waals surface area contributed by atoms with Crippen molar-refractivity contribution in [3.63, 3.8) is 0 Å². The van der Waals surface area contributed by atoms with Crippen LogP contribution in [0.15, 0.2) is 24.3 Å². The Morgan fingerprint density at radius 2 is 2.17 bits per heavy atom. The zero-order valence-corrected chi connectivity index (χ0v) is 11.2. The van der Waals surface area contributed by atoms with E-state index in [-0.39, 0.29) is 18.5 Å². The van der Waals surface area contributed by atoms with E-state index in [9.17, 15) is 9.50 Å². The highest BCUT2D eigenvalue weighted by atomic mass is 19.1. The molecular formula is C14H23FN2O. The van der Waals surface area contributed by atoms with Crippen LogP contribution in [0.25, 0.3) is 0 Å². The maximum Gasteiger partial charge on any atom is 0.125 e. The Kier molecular flexibility index (Phi) is 6.68. The number of hydrogen-bond acceptors (Lipinski definition) is 3. The predicted molar refractivity (Wildman–Crippen MR) is 73.5 cm³/mol. The number of nitrogens with one attached hydrogen (secondary N) is 1. The molecule has 2 N–H and O–H groups in total. The highest BCUT2D eigenvalue weighted by Gasteiger charge is 2.12. The largest absolute Gasteiger partial charge is 0.395 e. The van der Waals surface area contributed by atoms with Gasteiger partial charge < -0.3 is 15.3 Å². The molecule has 102 valence electrons. The first-order chi connectivity index (χ1) is 8.71. The molecule has 0 heterocycles. The normalized spacial score (nSPS) is 12.4. The minimum absolute atomic E-state index is 0.0215. The summed E-state index contributed by atoms with van der Waals surface area (Å²) in [4.78, 5) is 2.06. The number of halogens is 1. The molecule has 1 atom stereocenters. The third-order valence-electron chi connectivity index (χ3n) is 2.90. The van der Waals surface area contributed by atoms with Gasteiger partial charge in [0.2, 0.25) is 0 Å². The Morgan fingerprint density at radius 3 is 2.72 bits per heavy atom. The minimum atomic E-state index is -0.229. The molecule has 1 aromatic rings. The summed E-state index contributed by atoms with van der Waals surface area (Å²) in [5.74, 6) is -0.229. The summed E-state index contributed by atoms with van der Waals surface area (Å²) in [6.07, 6.45) is 1.03. The maximum absolute atomic E-state index is 13.2. The fourth-order valence-electron chi connectivity index (χ4n) is 1.89. The number of rotatable bonds is 8. The molecule has 0 aliphatic carbocycles. The van der Waals surface area contributed by atoms with Crippen molar-refractivity contribution in [1.82, 2.24) is 5.32 Å². The van der Waals surface area contributed by atoms with Gasteiger partial charge >= 0.3 is 0 Å². The lowest BCUT2D eigenvalue weighted by Gasteiger charge is -2.28. The lowest BCUT2D eigenvalue weighted by Crippen LogP contribution is -2.43. The maximum atomic E-state index is 13.2. The Morgan fingerprint density at radius 1 is 1.39 bits per heavy atom. The van der Waals surface area contributed by atoms with Crippen LogP contribution in [-0.2, 0) is 0 Å². The van der Waals surface area contributed by atoms with E-state index in [1.165, 1.54) is 12.1 Å². The standard InChI is InChI=1S/C14H23FN2O/c1-3-8-16-13(11-18)10-17(4-2)14-7-5-6-12(15)9-14/h5-7,9,13,16,18H,3-4,8,10-11H2,1-2H3. The van der Waals surface area contributed by atoms with Gasteiger partial charge in [-0.2, -0.15) is 0 Å². The van der Waals surface area contributed by atoms with Gasteiger partial charge in [-0.3, -0.25) is 0 Å². The van der Waals surface area contributed by atoms with Gasteiger partial charge in [0.1, 0.15) is 5.82 Å². The van der Waals surface area contributed by atoms with Crippen LogP contribution in [0.4, 0.5) is 10.1 Å². The molecule has 0 aliphatic rings. The predicted octanol–water partition coefficient (Wildman–Crippen LogP) is 2.01. The average Bonchev–Trinajstić information content (AvgIpc) is 2.39. The molecule has 1 aromatic carbocycles. The molecular weight excluding hydrogens is 231 g/mol. The minimum Gasteiger partial charge on any atom is -0.395 e. The van der Waals surface area contributed by atoms with Crippen LogP contribution < -0.4 is 10.2 Å². The highest BCUT2D eigenvalue weighted by molar-refractivity contribution is 5.46. The number of nitrogens with zero attached hydrogens (tertiary/aromatic N) is 1. The van der Waals surface area contributed by atoms with E-state index in [4.69, 9.17) is 0 Å². The summed E-state index contributed by atoms with van der Waals surface area (Å²) >= 11 is 0. The summed E-state index contributed by atoms with van der Waals surface area (Å²) in [7, 11) is 0. The lowest BCUT2D eigenvalue weighted by atomic mass is 10.2. The van der Waals surface area contributed by atoms with Crippen molar-refractivity contribution < 1.29 is 9.50 Å². The van der Waals surface area contributed by atoms with Gasteiger partial charge in [0.15, 0.2) is 0 Å². The van der Waals surface area contributed by atoms with Crippen LogP contribution in [0.2, 0.25) is 0 Å². The third kappa shape index (κ3) is 4.63. The smallest absolute Gasteiger partial charge is 0.125 e. The van der Waals surface area contributed by atoms with Crippen LogP contribution in [-0.4, -0.2) is 37.4 Å².